The topological polar surface area (TPSA) is 95.3 Å². The Morgan fingerprint density at radius 3 is 2.36 bits per heavy atom. The number of ether oxygens (including phenoxy) is 3. The Labute approximate surface area is 229 Å². The Hall–Kier alpha value is -3.46. The van der Waals surface area contributed by atoms with E-state index in [2.05, 4.69) is 17.9 Å². The summed E-state index contributed by atoms with van der Waals surface area (Å²) >= 11 is 0. The van der Waals surface area contributed by atoms with Gasteiger partial charge in [-0.15, -0.1) is 5.10 Å². The van der Waals surface area contributed by atoms with Crippen molar-refractivity contribution in [3.8, 4) is 0 Å². The highest BCUT2D eigenvalue weighted by Crippen LogP contribution is 2.67. The third-order valence-electron chi connectivity index (χ3n) is 7.86. The Morgan fingerprint density at radius 1 is 1.13 bits per heavy atom. The molecule has 39 heavy (non-hydrogen) atoms. The number of hydrogen-bond acceptors (Lipinski definition) is 8. The summed E-state index contributed by atoms with van der Waals surface area (Å²) < 4.78 is 18.6. The fourth-order valence-electron chi connectivity index (χ4n) is 5.99. The lowest BCUT2D eigenvalue weighted by atomic mass is 9.53. The molecule has 0 N–H and O–H groups in total. The van der Waals surface area contributed by atoms with Crippen LogP contribution in [0.3, 0.4) is 0 Å². The number of carbonyl (C=O) groups is 2. The quantitative estimate of drug-likeness (QED) is 0.457. The third kappa shape index (κ3) is 4.77. The second-order valence-corrected chi connectivity index (χ2v) is 12.0. The lowest BCUT2D eigenvalue weighted by Gasteiger charge is -2.47. The van der Waals surface area contributed by atoms with Crippen LogP contribution in [0.2, 0.25) is 0 Å². The Bertz CT molecular complexity index is 1340. The molecule has 0 amide bonds. The summed E-state index contributed by atoms with van der Waals surface area (Å²) in [4.78, 5) is 33.1. The molecule has 9 nitrogen and oxygen atoms in total. The standard InChI is InChI=1S/C24H32N4O5.C6H6/c1-14-7-8-27(10-14)16-9-15(2)18-25-20(26-28(18)11-16)24-12-23(13-32-24,17(24)19(29)31-6)21(30)33-22(3,4)5;1-2-4-6-5-3-1/h9,11,14,17H,7-8,10,12-13H2,1-6H3;1-6H. The molecule has 9 heteroatoms. The van der Waals surface area contributed by atoms with Gasteiger partial charge >= 0.3 is 11.9 Å². The fourth-order valence-corrected chi connectivity index (χ4v) is 5.99. The smallest absolute Gasteiger partial charge is 0.316 e. The van der Waals surface area contributed by atoms with E-state index in [4.69, 9.17) is 24.3 Å². The number of rotatable bonds is 4. The number of pyridine rings is 1. The normalized spacial score (nSPS) is 27.5. The number of nitrogens with zero attached hydrogens (tertiary/aromatic N) is 4. The lowest BCUT2D eigenvalue weighted by molar-refractivity contribution is -0.195. The highest BCUT2D eigenvalue weighted by Gasteiger charge is 2.80. The number of carbonyl (C=O) groups excluding carboxylic acids is 2. The zero-order valence-electron chi connectivity index (χ0n) is 23.6. The highest BCUT2D eigenvalue weighted by molar-refractivity contribution is 5.90. The van der Waals surface area contributed by atoms with E-state index in [-0.39, 0.29) is 6.61 Å². The van der Waals surface area contributed by atoms with Crippen molar-refractivity contribution in [1.82, 2.24) is 14.6 Å². The van der Waals surface area contributed by atoms with Crippen LogP contribution in [-0.2, 0) is 29.4 Å². The van der Waals surface area contributed by atoms with Gasteiger partial charge in [0.25, 0.3) is 0 Å². The molecule has 0 spiro atoms. The molecule has 7 rings (SSSR count). The predicted octanol–water partition coefficient (Wildman–Crippen LogP) is 4.32. The number of fused-ring (bicyclic) bond motifs is 2. The molecular weight excluding hydrogens is 496 g/mol. The highest BCUT2D eigenvalue weighted by atomic mass is 16.6. The summed E-state index contributed by atoms with van der Waals surface area (Å²) in [6.45, 7) is 11.8. The van der Waals surface area contributed by atoms with Crippen molar-refractivity contribution in [3.63, 3.8) is 0 Å². The number of aromatic nitrogens is 3. The summed E-state index contributed by atoms with van der Waals surface area (Å²) in [6.07, 6.45) is 3.45. The van der Waals surface area contributed by atoms with Crippen LogP contribution in [0.4, 0.5) is 5.69 Å². The molecular formula is C30H38N4O5. The molecule has 2 aromatic heterocycles. The molecule has 4 unspecified atom stereocenters. The van der Waals surface area contributed by atoms with Crippen LogP contribution in [0.25, 0.3) is 5.65 Å². The first kappa shape index (κ1) is 27.1. The second kappa shape index (κ2) is 9.93. The third-order valence-corrected chi connectivity index (χ3v) is 7.86. The van der Waals surface area contributed by atoms with Crippen molar-refractivity contribution in [2.45, 2.75) is 58.7 Å². The minimum absolute atomic E-state index is 0.0765. The van der Waals surface area contributed by atoms with Crippen LogP contribution in [-0.4, -0.2) is 58.9 Å². The molecule has 1 aromatic carbocycles. The van der Waals surface area contributed by atoms with Crippen LogP contribution in [0.1, 0.15) is 51.9 Å². The van der Waals surface area contributed by atoms with Gasteiger partial charge in [0.2, 0.25) is 0 Å². The van der Waals surface area contributed by atoms with Crippen molar-refractivity contribution in [3.05, 3.63) is 60.0 Å². The fraction of sp³-hybridized carbons (Fsp3) is 0.533. The molecule has 3 aromatic rings. The Kier molecular flexibility index (Phi) is 6.91. The van der Waals surface area contributed by atoms with Crippen molar-refractivity contribution in [1.29, 1.82) is 0 Å². The number of anilines is 1. The molecule has 5 heterocycles. The average molecular weight is 535 g/mol. The van der Waals surface area contributed by atoms with E-state index >= 15 is 0 Å². The van der Waals surface area contributed by atoms with Crippen LogP contribution in [0.15, 0.2) is 48.7 Å². The number of methoxy groups -OCH3 is 1. The molecule has 4 fully saturated rings. The van der Waals surface area contributed by atoms with Gasteiger partial charge < -0.3 is 19.1 Å². The van der Waals surface area contributed by atoms with E-state index < -0.39 is 34.5 Å². The van der Waals surface area contributed by atoms with Gasteiger partial charge in [0, 0.05) is 19.5 Å². The first-order valence-corrected chi connectivity index (χ1v) is 13.6. The molecule has 208 valence electrons. The summed E-state index contributed by atoms with van der Waals surface area (Å²) in [5, 5.41) is 4.74. The van der Waals surface area contributed by atoms with E-state index in [1.807, 2.05) is 70.3 Å². The SMILES string of the molecule is COC(=O)C1C2(C(=O)OC(C)(C)C)COC1(c1nc3c(C)cc(N4CCC(C)C4)cn3n1)C2.c1ccccc1. The summed E-state index contributed by atoms with van der Waals surface area (Å²) in [7, 11) is 1.32. The molecule has 1 saturated carbocycles. The molecule has 0 radical (unpaired) electrons. The van der Waals surface area contributed by atoms with E-state index in [9.17, 15) is 9.59 Å². The summed E-state index contributed by atoms with van der Waals surface area (Å²) in [5.74, 6) is -0.725. The second-order valence-electron chi connectivity index (χ2n) is 12.0. The zero-order valence-corrected chi connectivity index (χ0v) is 23.6. The molecule has 2 bridgehead atoms. The monoisotopic (exact) mass is 534 g/mol. The van der Waals surface area contributed by atoms with Gasteiger partial charge in [-0.1, -0.05) is 43.3 Å². The van der Waals surface area contributed by atoms with E-state index in [0.29, 0.717) is 23.8 Å². The number of benzene rings is 1. The molecule has 4 aliphatic rings. The first-order chi connectivity index (χ1) is 18.5. The summed E-state index contributed by atoms with van der Waals surface area (Å²) in [6, 6.07) is 14.1. The Balaban J connectivity index is 0.000000455. The van der Waals surface area contributed by atoms with Crippen molar-refractivity contribution >= 4 is 23.3 Å². The number of esters is 2. The zero-order chi connectivity index (χ0) is 28.0. The minimum atomic E-state index is -1.09. The predicted molar refractivity (Wildman–Crippen MR) is 146 cm³/mol. The van der Waals surface area contributed by atoms with Crippen molar-refractivity contribution < 1.29 is 23.8 Å². The largest absolute Gasteiger partial charge is 0.469 e. The van der Waals surface area contributed by atoms with Crippen molar-refractivity contribution in [2.24, 2.45) is 17.3 Å². The molecule has 4 atom stereocenters. The van der Waals surface area contributed by atoms with Gasteiger partial charge in [-0.05, 0) is 51.7 Å². The van der Waals surface area contributed by atoms with Crippen molar-refractivity contribution in [2.75, 3.05) is 31.7 Å². The Morgan fingerprint density at radius 2 is 1.79 bits per heavy atom. The minimum Gasteiger partial charge on any atom is -0.469 e. The maximum atomic E-state index is 13.1. The maximum Gasteiger partial charge on any atom is 0.316 e. The van der Waals surface area contributed by atoms with Gasteiger partial charge in [0.05, 0.1) is 25.6 Å². The number of hydrogen-bond donors (Lipinski definition) is 0. The van der Waals surface area contributed by atoms with Gasteiger partial charge in [-0.25, -0.2) is 9.50 Å². The van der Waals surface area contributed by atoms with E-state index in [1.165, 1.54) is 13.5 Å². The van der Waals surface area contributed by atoms with Crippen LogP contribution in [0, 0.1) is 24.2 Å². The molecule has 1 aliphatic carbocycles. The van der Waals surface area contributed by atoms with Gasteiger partial charge in [0.15, 0.2) is 11.5 Å². The van der Waals surface area contributed by atoms with Crippen LogP contribution in [0.5, 0.6) is 0 Å². The lowest BCUT2D eigenvalue weighted by Crippen LogP contribution is -2.61. The maximum absolute atomic E-state index is 13.1. The van der Waals surface area contributed by atoms with Crippen LogP contribution >= 0.6 is 0 Å². The molecule has 3 aliphatic heterocycles. The van der Waals surface area contributed by atoms with Crippen LogP contribution < -0.4 is 4.90 Å². The summed E-state index contributed by atoms with van der Waals surface area (Å²) in [5.41, 5.74) is -0.0345. The van der Waals surface area contributed by atoms with Gasteiger partial charge in [0.1, 0.15) is 22.5 Å². The van der Waals surface area contributed by atoms with E-state index in [1.54, 1.807) is 4.52 Å². The molecule has 3 saturated heterocycles. The first-order valence-electron chi connectivity index (χ1n) is 13.6. The number of aryl methyl sites for hydroxylation is 1. The average Bonchev–Trinajstić information content (AvgIpc) is 3.66. The van der Waals surface area contributed by atoms with Gasteiger partial charge in [-0.2, -0.15) is 0 Å². The van der Waals surface area contributed by atoms with E-state index in [0.717, 1.165) is 24.3 Å². The van der Waals surface area contributed by atoms with Gasteiger partial charge in [-0.3, -0.25) is 9.59 Å².